The molecular weight excluding hydrogens is 402 g/mol. The first kappa shape index (κ1) is 20.1. The number of carboxylic acid groups (broad SMARTS) is 1. The molecule has 0 atom stereocenters. The predicted octanol–water partition coefficient (Wildman–Crippen LogP) is 3.81. The first-order valence-electron chi connectivity index (χ1n) is 8.54. The number of nitrogens with zero attached hydrogens (tertiary/aromatic N) is 1. The Morgan fingerprint density at radius 1 is 0.929 bits per heavy atom. The van der Waals surface area contributed by atoms with Gasteiger partial charge >= 0.3 is 5.97 Å². The molecule has 0 saturated heterocycles. The summed E-state index contributed by atoms with van der Waals surface area (Å²) in [6.45, 7) is 0. The van der Waals surface area contributed by atoms with Crippen LogP contribution in [0.1, 0.15) is 19.3 Å². The van der Waals surface area contributed by atoms with E-state index in [-0.39, 0.29) is 16.0 Å². The first-order valence-corrected chi connectivity index (χ1v) is 10.8. The minimum atomic E-state index is -3.26. The van der Waals surface area contributed by atoms with Gasteiger partial charge in [-0.2, -0.15) is 0 Å². The molecule has 0 heterocycles. The number of aliphatic carboxylic acids is 1. The van der Waals surface area contributed by atoms with Crippen LogP contribution in [0.5, 0.6) is 0 Å². The number of hydrogen-bond acceptors (Lipinski definition) is 4. The van der Waals surface area contributed by atoms with Gasteiger partial charge in [-0.3, -0.25) is 4.79 Å². The summed E-state index contributed by atoms with van der Waals surface area (Å²) in [7, 11) is -3.26. The molecule has 6 nitrogen and oxygen atoms in total. The Bertz CT molecular complexity index is 1060. The Morgan fingerprint density at radius 3 is 1.93 bits per heavy atom. The fraction of sp³-hybridized carbons (Fsp3) is 0.200. The van der Waals surface area contributed by atoms with Gasteiger partial charge in [-0.15, -0.1) is 0 Å². The lowest BCUT2D eigenvalue weighted by Crippen LogP contribution is -2.23. The lowest BCUT2D eigenvalue weighted by Gasteiger charge is -2.16. The van der Waals surface area contributed by atoms with Gasteiger partial charge in [0.25, 0.3) is 5.91 Å². The average molecular weight is 420 g/mol. The predicted molar refractivity (Wildman–Crippen MR) is 107 cm³/mol. The van der Waals surface area contributed by atoms with E-state index in [2.05, 4.69) is 0 Å². The normalized spacial score (nSPS) is 14.2. The monoisotopic (exact) mass is 419 g/mol. The van der Waals surface area contributed by atoms with Gasteiger partial charge in [-0.05, 0) is 54.7 Å². The molecule has 0 aromatic heterocycles. The van der Waals surface area contributed by atoms with E-state index in [4.69, 9.17) is 11.8 Å². The number of carbonyl (C=O) groups is 2. The van der Waals surface area contributed by atoms with Crippen molar-refractivity contribution < 1.29 is 23.1 Å². The lowest BCUT2D eigenvalue weighted by molar-refractivity contribution is -0.133. The molecule has 1 amide bonds. The van der Waals surface area contributed by atoms with Crippen LogP contribution in [0.3, 0.4) is 0 Å². The summed E-state index contributed by atoms with van der Waals surface area (Å²) in [6, 6.07) is 13.3. The number of carbonyl (C=O) groups excluding carboxylic acids is 1. The fourth-order valence-electron chi connectivity index (χ4n) is 3.13. The van der Waals surface area contributed by atoms with Crippen molar-refractivity contribution in [3.63, 3.8) is 0 Å². The summed E-state index contributed by atoms with van der Waals surface area (Å²) in [5.74, 6) is -1.61. The van der Waals surface area contributed by atoms with Crippen molar-refractivity contribution in [2.75, 3.05) is 10.7 Å². The summed E-state index contributed by atoms with van der Waals surface area (Å²) in [4.78, 5) is 24.1. The van der Waals surface area contributed by atoms with Gasteiger partial charge in [0, 0.05) is 29.2 Å². The summed E-state index contributed by atoms with van der Waals surface area (Å²) >= 11 is 6.17. The molecule has 8 heteroatoms. The topological polar surface area (TPSA) is 91.8 Å². The number of carboxylic acids is 1. The van der Waals surface area contributed by atoms with Crippen LogP contribution < -0.4 is 4.42 Å². The smallest absolute Gasteiger partial charge is 0.332 e. The molecule has 0 saturated carbocycles. The highest BCUT2D eigenvalue weighted by Gasteiger charge is 2.28. The molecule has 2 aromatic rings. The largest absolute Gasteiger partial charge is 0.478 e. The van der Waals surface area contributed by atoms with Crippen LogP contribution in [0.25, 0.3) is 11.1 Å². The van der Waals surface area contributed by atoms with E-state index in [1.165, 1.54) is 12.1 Å². The molecule has 2 aromatic carbocycles. The van der Waals surface area contributed by atoms with Gasteiger partial charge in [-0.25, -0.2) is 17.6 Å². The Labute approximate surface area is 168 Å². The van der Waals surface area contributed by atoms with Crippen LogP contribution in [0.2, 0.25) is 0 Å². The third kappa shape index (κ3) is 4.10. The van der Waals surface area contributed by atoms with E-state index in [0.29, 0.717) is 24.9 Å². The Morgan fingerprint density at radius 2 is 1.43 bits per heavy atom. The summed E-state index contributed by atoms with van der Waals surface area (Å²) in [5, 5.41) is 9.21. The molecular formula is C20H18ClNO5S. The Kier molecular flexibility index (Phi) is 5.58. The van der Waals surface area contributed by atoms with E-state index >= 15 is 0 Å². The molecule has 1 aliphatic carbocycles. The zero-order valence-corrected chi connectivity index (χ0v) is 16.6. The second kappa shape index (κ2) is 7.77. The van der Waals surface area contributed by atoms with Crippen LogP contribution in [-0.2, 0) is 19.4 Å². The molecule has 1 N–H and O–H groups in total. The van der Waals surface area contributed by atoms with Crippen LogP contribution in [-0.4, -0.2) is 31.7 Å². The van der Waals surface area contributed by atoms with Crippen molar-refractivity contribution in [1.82, 2.24) is 0 Å². The molecule has 0 aliphatic heterocycles. The van der Waals surface area contributed by atoms with Crippen molar-refractivity contribution in [2.24, 2.45) is 0 Å². The molecule has 0 bridgehead atoms. The van der Waals surface area contributed by atoms with Crippen molar-refractivity contribution in [3.8, 4) is 11.1 Å². The average Bonchev–Trinajstić information content (AvgIpc) is 3.16. The fourth-order valence-corrected chi connectivity index (χ4v) is 3.98. The molecule has 28 heavy (non-hydrogen) atoms. The maximum Gasteiger partial charge on any atom is 0.332 e. The number of rotatable bonds is 5. The number of anilines is 1. The maximum absolute atomic E-state index is 12.6. The van der Waals surface area contributed by atoms with Crippen molar-refractivity contribution in [1.29, 1.82) is 0 Å². The SMILES string of the molecule is CS(=O)(=O)c1ccc(-c2ccc(N(Cl)C(=O)C3=C(C(=O)O)CCC3)cc2)cc1. The highest BCUT2D eigenvalue weighted by Crippen LogP contribution is 2.31. The van der Waals surface area contributed by atoms with Gasteiger partial charge < -0.3 is 5.11 Å². The number of amides is 1. The maximum atomic E-state index is 12.6. The molecule has 1 aliphatic rings. The third-order valence-electron chi connectivity index (χ3n) is 4.62. The van der Waals surface area contributed by atoms with E-state index in [9.17, 15) is 23.1 Å². The summed E-state index contributed by atoms with van der Waals surface area (Å²) in [6.07, 6.45) is 2.53. The summed E-state index contributed by atoms with van der Waals surface area (Å²) in [5.41, 5.74) is 2.43. The zero-order valence-electron chi connectivity index (χ0n) is 15.1. The Hall–Kier alpha value is -2.64. The molecule has 3 rings (SSSR count). The van der Waals surface area contributed by atoms with Crippen LogP contribution in [0.15, 0.2) is 64.6 Å². The molecule has 0 radical (unpaired) electrons. The molecule has 0 unspecified atom stereocenters. The summed E-state index contributed by atoms with van der Waals surface area (Å²) < 4.78 is 24.0. The van der Waals surface area contributed by atoms with Crippen LogP contribution >= 0.6 is 11.8 Å². The number of hydrogen-bond donors (Lipinski definition) is 1. The van der Waals surface area contributed by atoms with E-state index in [1.807, 2.05) is 0 Å². The van der Waals surface area contributed by atoms with Crippen LogP contribution in [0, 0.1) is 0 Å². The molecule has 0 fully saturated rings. The standard InChI is InChI=1S/C20H18ClNO5S/c1-28(26,27)16-11-7-14(8-12-16)13-5-9-15(10-6-13)22(21)19(23)17-3-2-4-18(17)20(24)25/h5-12H,2-4H2,1H3,(H,24,25). The van der Waals surface area contributed by atoms with Crippen LogP contribution in [0.4, 0.5) is 5.69 Å². The number of benzene rings is 2. The quantitative estimate of drug-likeness (QED) is 0.744. The van der Waals surface area contributed by atoms with E-state index < -0.39 is 21.7 Å². The second-order valence-electron chi connectivity index (χ2n) is 6.55. The molecule has 0 spiro atoms. The number of sulfone groups is 1. The third-order valence-corrected chi connectivity index (χ3v) is 6.10. The van der Waals surface area contributed by atoms with E-state index in [1.54, 1.807) is 36.4 Å². The van der Waals surface area contributed by atoms with Gasteiger partial charge in [0.2, 0.25) is 0 Å². The molecule has 146 valence electrons. The second-order valence-corrected chi connectivity index (χ2v) is 8.90. The van der Waals surface area contributed by atoms with Crippen molar-refractivity contribution in [3.05, 3.63) is 59.7 Å². The van der Waals surface area contributed by atoms with Crippen molar-refractivity contribution in [2.45, 2.75) is 24.2 Å². The minimum absolute atomic E-state index is 0.123. The number of halogens is 1. The zero-order chi connectivity index (χ0) is 20.5. The Balaban J connectivity index is 1.81. The first-order chi connectivity index (χ1) is 13.2. The minimum Gasteiger partial charge on any atom is -0.478 e. The van der Waals surface area contributed by atoms with Gasteiger partial charge in [-0.1, -0.05) is 24.3 Å². The highest BCUT2D eigenvalue weighted by molar-refractivity contribution is 7.90. The van der Waals surface area contributed by atoms with Crippen molar-refractivity contribution >= 4 is 39.2 Å². The van der Waals surface area contributed by atoms with Gasteiger partial charge in [0.05, 0.1) is 10.6 Å². The highest BCUT2D eigenvalue weighted by atomic mass is 35.5. The van der Waals surface area contributed by atoms with E-state index in [0.717, 1.165) is 21.8 Å². The lowest BCUT2D eigenvalue weighted by atomic mass is 10.1. The van der Waals surface area contributed by atoms with Gasteiger partial charge in [0.15, 0.2) is 9.84 Å². The van der Waals surface area contributed by atoms with Gasteiger partial charge in [0.1, 0.15) is 0 Å².